The van der Waals surface area contributed by atoms with Crippen molar-refractivity contribution in [2.45, 2.75) is 24.8 Å². The number of methoxy groups -OCH3 is 1. The quantitative estimate of drug-likeness (QED) is 0.810. The number of rotatable bonds is 4. The first kappa shape index (κ1) is 18.9. The molecule has 1 saturated heterocycles. The molecule has 1 amide bonds. The second-order valence-corrected chi connectivity index (χ2v) is 7.16. The van der Waals surface area contributed by atoms with Crippen LogP contribution in [0.25, 0.3) is 0 Å². The molecule has 1 N–H and O–H groups in total. The highest BCUT2D eigenvalue weighted by atomic mass is 16.6. The van der Waals surface area contributed by atoms with E-state index in [9.17, 15) is 14.4 Å². The van der Waals surface area contributed by atoms with E-state index in [2.05, 4.69) is 5.32 Å². The highest BCUT2D eigenvalue weighted by Crippen LogP contribution is 2.49. The van der Waals surface area contributed by atoms with Crippen molar-refractivity contribution in [2.75, 3.05) is 7.11 Å². The number of fused-ring (bicyclic) bond motifs is 1. The van der Waals surface area contributed by atoms with Crippen LogP contribution in [-0.2, 0) is 24.6 Å². The van der Waals surface area contributed by atoms with E-state index in [0.717, 1.165) is 0 Å². The van der Waals surface area contributed by atoms with Crippen LogP contribution in [0.5, 0.6) is 0 Å². The first-order valence-electron chi connectivity index (χ1n) is 9.54. The maximum absolute atomic E-state index is 13.3. The lowest BCUT2D eigenvalue weighted by Gasteiger charge is -2.34. The summed E-state index contributed by atoms with van der Waals surface area (Å²) < 4.78 is 10.5. The van der Waals surface area contributed by atoms with Crippen molar-refractivity contribution in [3.63, 3.8) is 0 Å². The minimum absolute atomic E-state index is 0.310. The van der Waals surface area contributed by atoms with E-state index in [1.165, 1.54) is 7.11 Å². The maximum Gasteiger partial charge on any atom is 0.342 e. The molecule has 1 aliphatic carbocycles. The molecule has 2 aromatic carbocycles. The molecule has 0 radical (unpaired) electrons. The molecular weight excluding hydrogens is 370 g/mol. The van der Waals surface area contributed by atoms with E-state index in [0.29, 0.717) is 41.7 Å². The molecule has 2 atom stereocenters. The van der Waals surface area contributed by atoms with Gasteiger partial charge in [0.1, 0.15) is 5.76 Å². The summed E-state index contributed by atoms with van der Waals surface area (Å²) in [7, 11) is 1.30. The van der Waals surface area contributed by atoms with E-state index in [1.54, 1.807) is 36.4 Å². The monoisotopic (exact) mass is 391 g/mol. The van der Waals surface area contributed by atoms with Crippen LogP contribution in [0, 0.1) is 5.92 Å². The van der Waals surface area contributed by atoms with E-state index in [1.807, 2.05) is 24.3 Å². The predicted octanol–water partition coefficient (Wildman–Crippen LogP) is 3.10. The van der Waals surface area contributed by atoms with Gasteiger partial charge in [-0.1, -0.05) is 48.5 Å². The lowest BCUT2D eigenvalue weighted by molar-refractivity contribution is -0.142. The minimum atomic E-state index is -1.40. The highest BCUT2D eigenvalue weighted by molar-refractivity contribution is 6.00. The number of nitrogens with one attached hydrogen (secondary N) is 1. The summed E-state index contributed by atoms with van der Waals surface area (Å²) >= 11 is 0. The summed E-state index contributed by atoms with van der Waals surface area (Å²) in [6, 6.07) is 17.8. The molecule has 1 aliphatic heterocycles. The van der Waals surface area contributed by atoms with Gasteiger partial charge in [-0.25, -0.2) is 9.59 Å². The fraction of sp³-hybridized carbons (Fsp3) is 0.261. The number of carbonyl (C=O) groups is 3. The Hall–Kier alpha value is -3.41. The fourth-order valence-corrected chi connectivity index (χ4v) is 4.21. The van der Waals surface area contributed by atoms with Crippen molar-refractivity contribution < 1.29 is 23.9 Å². The molecule has 2 aromatic rings. The van der Waals surface area contributed by atoms with Crippen LogP contribution in [-0.4, -0.2) is 25.0 Å². The van der Waals surface area contributed by atoms with Crippen molar-refractivity contribution in [1.29, 1.82) is 0 Å². The van der Waals surface area contributed by atoms with E-state index in [4.69, 9.17) is 9.47 Å². The molecule has 0 bridgehead atoms. The van der Waals surface area contributed by atoms with Crippen LogP contribution >= 0.6 is 0 Å². The minimum Gasteiger partial charge on any atom is -0.466 e. The van der Waals surface area contributed by atoms with E-state index in [-0.39, 0.29) is 5.91 Å². The number of carbonyl (C=O) groups excluding carboxylic acids is 3. The van der Waals surface area contributed by atoms with Crippen LogP contribution in [0.1, 0.15) is 35.2 Å². The molecule has 0 aromatic heterocycles. The third-order valence-corrected chi connectivity index (χ3v) is 5.59. The molecule has 6 nitrogen and oxygen atoms in total. The Labute approximate surface area is 168 Å². The van der Waals surface area contributed by atoms with Crippen LogP contribution in [0.4, 0.5) is 0 Å². The van der Waals surface area contributed by atoms with Gasteiger partial charge in [0, 0.05) is 5.56 Å². The number of hydrogen-bond donors (Lipinski definition) is 1. The zero-order chi connectivity index (χ0) is 20.4. The SMILES string of the molecule is COC(=O)C1=C2OC(=O)[C@@](NC(=O)c3ccccc3)(c3ccccc3)[C@H]2CCC1. The molecule has 1 heterocycles. The molecular formula is C23H21NO5. The Bertz CT molecular complexity index is 983. The average Bonchev–Trinajstić information content (AvgIpc) is 3.06. The van der Waals surface area contributed by atoms with Crippen molar-refractivity contribution in [3.8, 4) is 0 Å². The van der Waals surface area contributed by atoms with Crippen molar-refractivity contribution in [1.82, 2.24) is 5.32 Å². The topological polar surface area (TPSA) is 81.7 Å². The molecule has 29 heavy (non-hydrogen) atoms. The van der Waals surface area contributed by atoms with Gasteiger partial charge in [0.15, 0.2) is 5.54 Å². The predicted molar refractivity (Wildman–Crippen MR) is 105 cm³/mol. The number of ether oxygens (including phenoxy) is 2. The first-order valence-corrected chi connectivity index (χ1v) is 9.54. The lowest BCUT2D eigenvalue weighted by Crippen LogP contribution is -2.53. The van der Waals surface area contributed by atoms with E-state index >= 15 is 0 Å². The largest absolute Gasteiger partial charge is 0.466 e. The summed E-state index contributed by atoms with van der Waals surface area (Å²) in [5, 5.41) is 2.95. The second kappa shape index (κ2) is 7.54. The van der Waals surface area contributed by atoms with Gasteiger partial charge in [0.25, 0.3) is 5.91 Å². The zero-order valence-corrected chi connectivity index (χ0v) is 16.0. The van der Waals surface area contributed by atoms with Crippen LogP contribution in [0.3, 0.4) is 0 Å². The highest BCUT2D eigenvalue weighted by Gasteiger charge is 2.59. The number of benzene rings is 2. The van der Waals surface area contributed by atoms with Crippen LogP contribution in [0.2, 0.25) is 0 Å². The third kappa shape index (κ3) is 3.10. The number of amides is 1. The Morgan fingerprint density at radius 3 is 2.38 bits per heavy atom. The molecule has 4 rings (SSSR count). The van der Waals surface area contributed by atoms with Crippen molar-refractivity contribution >= 4 is 17.8 Å². The van der Waals surface area contributed by atoms with Gasteiger partial charge >= 0.3 is 11.9 Å². The molecule has 148 valence electrons. The van der Waals surface area contributed by atoms with Gasteiger partial charge in [0.05, 0.1) is 18.6 Å². The molecule has 0 unspecified atom stereocenters. The number of esters is 2. The Balaban J connectivity index is 1.84. The lowest BCUT2D eigenvalue weighted by atomic mass is 9.73. The second-order valence-electron chi connectivity index (χ2n) is 7.16. The zero-order valence-electron chi connectivity index (χ0n) is 16.0. The Morgan fingerprint density at radius 1 is 1.07 bits per heavy atom. The normalized spacial score (nSPS) is 23.2. The molecule has 1 fully saturated rings. The maximum atomic E-state index is 13.3. The standard InChI is InChI=1S/C23H21NO5/c1-28-21(26)17-13-8-14-18-19(17)29-22(27)23(18,16-11-6-3-7-12-16)24-20(25)15-9-4-2-5-10-15/h2-7,9-12,18H,8,13-14H2,1H3,(H,24,25)/t18-,23+/m0/s1. The van der Waals surface area contributed by atoms with Crippen LogP contribution in [0.15, 0.2) is 72.0 Å². The van der Waals surface area contributed by atoms with Crippen molar-refractivity contribution in [3.05, 3.63) is 83.1 Å². The van der Waals surface area contributed by atoms with Gasteiger partial charge in [0.2, 0.25) is 0 Å². The molecule has 6 heteroatoms. The van der Waals surface area contributed by atoms with Gasteiger partial charge in [-0.3, -0.25) is 4.79 Å². The molecule has 0 spiro atoms. The Morgan fingerprint density at radius 2 is 1.72 bits per heavy atom. The van der Waals surface area contributed by atoms with Gasteiger partial charge in [-0.05, 0) is 37.0 Å². The first-order chi connectivity index (χ1) is 14.1. The smallest absolute Gasteiger partial charge is 0.342 e. The fourth-order valence-electron chi connectivity index (χ4n) is 4.21. The number of hydrogen-bond acceptors (Lipinski definition) is 5. The van der Waals surface area contributed by atoms with E-state index < -0.39 is 23.4 Å². The third-order valence-electron chi connectivity index (χ3n) is 5.59. The summed E-state index contributed by atoms with van der Waals surface area (Å²) in [5.74, 6) is -1.64. The van der Waals surface area contributed by atoms with Crippen LogP contribution < -0.4 is 5.32 Å². The summed E-state index contributed by atoms with van der Waals surface area (Å²) in [4.78, 5) is 38.6. The van der Waals surface area contributed by atoms with Gasteiger partial charge < -0.3 is 14.8 Å². The molecule has 2 aliphatic rings. The van der Waals surface area contributed by atoms with Crippen molar-refractivity contribution in [2.24, 2.45) is 5.92 Å². The summed E-state index contributed by atoms with van der Waals surface area (Å²) in [6.07, 6.45) is 1.76. The van der Waals surface area contributed by atoms with Gasteiger partial charge in [-0.15, -0.1) is 0 Å². The summed E-state index contributed by atoms with van der Waals surface area (Å²) in [5.41, 5.74) is 0.0322. The molecule has 0 saturated carbocycles. The average molecular weight is 391 g/mol. The summed E-state index contributed by atoms with van der Waals surface area (Å²) in [6.45, 7) is 0. The van der Waals surface area contributed by atoms with Gasteiger partial charge in [-0.2, -0.15) is 0 Å². The Kier molecular flexibility index (Phi) is 4.92.